The third-order valence-electron chi connectivity index (χ3n) is 7.72. The van der Waals surface area contributed by atoms with E-state index in [4.69, 9.17) is 9.47 Å². The highest BCUT2D eigenvalue weighted by molar-refractivity contribution is 9.10. The largest absolute Gasteiger partial charge is 0.493 e. The Balaban J connectivity index is 1.64. The molecule has 3 fully saturated rings. The number of likely N-dealkylation sites (tertiary alicyclic amines) is 1. The SMILES string of the molecule is C=CCN1CC23C[C@@]45c6c(c(OC)cc(Br)c62)O[C@@H]4C(O)CCC5C13. The van der Waals surface area contributed by atoms with Crippen LogP contribution in [-0.4, -0.2) is 48.5 Å². The van der Waals surface area contributed by atoms with Gasteiger partial charge in [0.15, 0.2) is 11.5 Å². The maximum absolute atomic E-state index is 10.8. The summed E-state index contributed by atoms with van der Waals surface area (Å²) >= 11 is 3.84. The minimum absolute atomic E-state index is 0.0417. The van der Waals surface area contributed by atoms with Crippen LogP contribution in [0.5, 0.6) is 11.5 Å². The topological polar surface area (TPSA) is 41.9 Å². The third-order valence-corrected chi connectivity index (χ3v) is 8.34. The molecule has 0 radical (unpaired) electrons. The molecule has 2 aliphatic heterocycles. The Kier molecular flexibility index (Phi) is 2.67. The van der Waals surface area contributed by atoms with Crippen molar-refractivity contribution in [1.82, 2.24) is 4.90 Å². The van der Waals surface area contributed by atoms with Gasteiger partial charge >= 0.3 is 0 Å². The molecule has 0 amide bonds. The Labute approximate surface area is 155 Å². The second kappa shape index (κ2) is 4.44. The first-order valence-corrected chi connectivity index (χ1v) is 9.99. The van der Waals surface area contributed by atoms with Gasteiger partial charge in [-0.15, -0.1) is 6.58 Å². The van der Waals surface area contributed by atoms with E-state index < -0.39 is 0 Å². The zero-order valence-corrected chi connectivity index (χ0v) is 15.9. The van der Waals surface area contributed by atoms with Crippen LogP contribution in [0.1, 0.15) is 30.4 Å². The Hall–Kier alpha value is -1.04. The van der Waals surface area contributed by atoms with Crippen molar-refractivity contribution in [2.45, 2.75) is 48.3 Å². The number of hydrogen-bond donors (Lipinski definition) is 1. The maximum Gasteiger partial charge on any atom is 0.166 e. The molecule has 5 aliphatic rings. The third kappa shape index (κ3) is 1.37. The van der Waals surface area contributed by atoms with E-state index in [1.807, 2.05) is 6.08 Å². The molecule has 25 heavy (non-hydrogen) atoms. The number of aliphatic hydroxyl groups excluding tert-OH is 1. The summed E-state index contributed by atoms with van der Waals surface area (Å²) in [7, 11) is 1.70. The number of fused-ring (bicyclic) bond motifs is 1. The quantitative estimate of drug-likeness (QED) is 0.787. The fraction of sp³-hybridized carbons (Fsp3) is 0.600. The van der Waals surface area contributed by atoms with Crippen LogP contribution < -0.4 is 9.47 Å². The summed E-state index contributed by atoms with van der Waals surface area (Å²) in [5, 5.41) is 10.8. The molecule has 3 aliphatic carbocycles. The van der Waals surface area contributed by atoms with Crippen molar-refractivity contribution in [3.8, 4) is 11.5 Å². The zero-order valence-electron chi connectivity index (χ0n) is 14.3. The van der Waals surface area contributed by atoms with Gasteiger partial charge in [-0.05, 0) is 36.8 Å². The van der Waals surface area contributed by atoms with Crippen molar-refractivity contribution in [1.29, 1.82) is 0 Å². The molecular formula is C20H22BrNO3. The summed E-state index contributed by atoms with van der Waals surface area (Å²) in [4.78, 5) is 2.58. The van der Waals surface area contributed by atoms with Gasteiger partial charge in [-0.25, -0.2) is 0 Å². The molecule has 6 rings (SSSR count). The molecule has 2 heterocycles. The lowest BCUT2D eigenvalue weighted by molar-refractivity contribution is -0.0661. The van der Waals surface area contributed by atoms with Crippen molar-refractivity contribution < 1.29 is 14.6 Å². The van der Waals surface area contributed by atoms with Crippen molar-refractivity contribution in [2.75, 3.05) is 20.2 Å². The number of ether oxygens (including phenoxy) is 2. The predicted octanol–water partition coefficient (Wildman–Crippen LogP) is 2.75. The molecule has 1 aromatic carbocycles. The summed E-state index contributed by atoms with van der Waals surface area (Å²) in [5.74, 6) is 2.25. The molecule has 2 bridgehead atoms. The average Bonchev–Trinajstić information content (AvgIpc) is 3.15. The van der Waals surface area contributed by atoms with Crippen LogP contribution >= 0.6 is 15.9 Å². The highest BCUT2D eigenvalue weighted by atomic mass is 79.9. The molecule has 1 saturated heterocycles. The predicted molar refractivity (Wildman–Crippen MR) is 97.4 cm³/mol. The first-order valence-electron chi connectivity index (χ1n) is 9.19. The van der Waals surface area contributed by atoms with Crippen LogP contribution in [0.25, 0.3) is 0 Å². The molecule has 0 aromatic heterocycles. The Bertz CT molecular complexity index is 826. The second-order valence-electron chi connectivity index (χ2n) is 8.47. The first-order chi connectivity index (χ1) is 12.1. The fourth-order valence-corrected chi connectivity index (χ4v) is 8.09. The number of rotatable bonds is 3. The summed E-state index contributed by atoms with van der Waals surface area (Å²) in [6.45, 7) is 5.98. The molecule has 4 nitrogen and oxygen atoms in total. The van der Waals surface area contributed by atoms with E-state index in [0.717, 1.165) is 48.3 Å². The van der Waals surface area contributed by atoms with Crippen LogP contribution in [0, 0.1) is 5.92 Å². The van der Waals surface area contributed by atoms with Crippen molar-refractivity contribution in [2.24, 2.45) is 5.92 Å². The van der Waals surface area contributed by atoms with Gasteiger partial charge in [0.05, 0.1) is 13.2 Å². The molecule has 4 unspecified atom stereocenters. The van der Waals surface area contributed by atoms with Crippen LogP contribution in [0.4, 0.5) is 0 Å². The van der Waals surface area contributed by atoms with E-state index in [1.165, 1.54) is 11.1 Å². The number of aliphatic hydroxyl groups is 1. The van der Waals surface area contributed by atoms with E-state index in [1.54, 1.807) is 7.11 Å². The lowest BCUT2D eigenvalue weighted by Crippen LogP contribution is -2.68. The van der Waals surface area contributed by atoms with Crippen LogP contribution in [0.3, 0.4) is 0 Å². The van der Waals surface area contributed by atoms with Gasteiger partial charge in [-0.1, -0.05) is 22.0 Å². The summed E-state index contributed by atoms with van der Waals surface area (Å²) in [6, 6.07) is 2.61. The smallest absolute Gasteiger partial charge is 0.166 e. The molecule has 1 N–H and O–H groups in total. The van der Waals surface area contributed by atoms with Crippen LogP contribution in [0.2, 0.25) is 0 Å². The average molecular weight is 404 g/mol. The molecule has 5 heteroatoms. The highest BCUT2D eigenvalue weighted by Gasteiger charge is 2.80. The lowest BCUT2D eigenvalue weighted by Gasteiger charge is -2.59. The number of benzene rings is 1. The van der Waals surface area contributed by atoms with Crippen LogP contribution in [0.15, 0.2) is 23.2 Å². The Morgan fingerprint density at radius 3 is 3.08 bits per heavy atom. The van der Waals surface area contributed by atoms with E-state index in [9.17, 15) is 5.11 Å². The van der Waals surface area contributed by atoms with Gasteiger partial charge in [0.2, 0.25) is 0 Å². The molecule has 6 atom stereocenters. The van der Waals surface area contributed by atoms with Gasteiger partial charge in [0.25, 0.3) is 0 Å². The second-order valence-corrected chi connectivity index (χ2v) is 9.32. The molecule has 1 aromatic rings. The number of nitrogens with zero attached hydrogens (tertiary/aromatic N) is 1. The highest BCUT2D eigenvalue weighted by Crippen LogP contribution is 2.77. The van der Waals surface area contributed by atoms with Gasteiger partial charge in [-0.3, -0.25) is 4.90 Å². The number of hydrogen-bond acceptors (Lipinski definition) is 4. The number of halogens is 1. The summed E-state index contributed by atoms with van der Waals surface area (Å²) in [5.41, 5.74) is 2.94. The van der Waals surface area contributed by atoms with Crippen LogP contribution in [-0.2, 0) is 10.8 Å². The van der Waals surface area contributed by atoms with Gasteiger partial charge in [-0.2, -0.15) is 0 Å². The van der Waals surface area contributed by atoms with Gasteiger partial charge in [0, 0.05) is 40.0 Å². The molecule has 2 saturated carbocycles. The maximum atomic E-state index is 10.8. The summed E-state index contributed by atoms with van der Waals surface area (Å²) in [6.07, 6.45) is 4.53. The standard InChI is InChI=1S/C20H22BrNO3/c1-3-6-22-9-19-8-20-10(17(19)22)4-5-12(23)18(20)25-16-13(24-2)7-11(21)14(19)15(16)20/h3,7,10,12,17-18,23H,1,4-6,8-9H2,2H3/t10?,12?,17?,18-,19?,20-/m1/s1. The minimum Gasteiger partial charge on any atom is -0.493 e. The Morgan fingerprint density at radius 1 is 1.48 bits per heavy atom. The molecule has 132 valence electrons. The monoisotopic (exact) mass is 403 g/mol. The van der Waals surface area contributed by atoms with E-state index in [0.29, 0.717) is 12.0 Å². The normalized spacial score (nSPS) is 44.8. The molecule has 2 spiro atoms. The summed E-state index contributed by atoms with van der Waals surface area (Å²) < 4.78 is 13.2. The first kappa shape index (κ1) is 15.1. The fourth-order valence-electron chi connectivity index (χ4n) is 7.29. The van der Waals surface area contributed by atoms with Gasteiger partial charge < -0.3 is 14.6 Å². The lowest BCUT2D eigenvalue weighted by atomic mass is 9.58. The van der Waals surface area contributed by atoms with E-state index in [-0.39, 0.29) is 23.0 Å². The molecular weight excluding hydrogens is 382 g/mol. The van der Waals surface area contributed by atoms with Crippen molar-refractivity contribution in [3.05, 3.63) is 34.3 Å². The van der Waals surface area contributed by atoms with E-state index in [2.05, 4.69) is 33.5 Å². The Morgan fingerprint density at radius 2 is 2.32 bits per heavy atom. The van der Waals surface area contributed by atoms with Gasteiger partial charge in [0.1, 0.15) is 6.10 Å². The van der Waals surface area contributed by atoms with E-state index >= 15 is 0 Å². The van der Waals surface area contributed by atoms with Crippen molar-refractivity contribution in [3.63, 3.8) is 0 Å². The number of methoxy groups -OCH3 is 1. The van der Waals surface area contributed by atoms with Crippen molar-refractivity contribution >= 4 is 15.9 Å². The zero-order chi connectivity index (χ0) is 17.1. The minimum atomic E-state index is -0.388.